The largest absolute Gasteiger partial charge is 0.481 e. The number of nitrogens with one attached hydrogen (secondary N) is 1. The molecule has 1 atom stereocenters. The quantitative estimate of drug-likeness (QED) is 0.768. The van der Waals surface area contributed by atoms with E-state index in [0.717, 1.165) is 18.5 Å². The molecule has 0 radical (unpaired) electrons. The Morgan fingerprint density at radius 2 is 2.05 bits per heavy atom. The van der Waals surface area contributed by atoms with Crippen LogP contribution in [0.4, 0.5) is 4.79 Å². The topological polar surface area (TPSA) is 95.7 Å². The van der Waals surface area contributed by atoms with Gasteiger partial charge in [-0.25, -0.2) is 4.79 Å². The summed E-state index contributed by atoms with van der Waals surface area (Å²) in [6.07, 6.45) is 1.98. The molecule has 1 unspecified atom stereocenters. The van der Waals surface area contributed by atoms with Gasteiger partial charge in [0.15, 0.2) is 5.76 Å². The molecule has 0 fully saturated rings. The molecule has 2 N–H and O–H groups in total. The highest BCUT2D eigenvalue weighted by molar-refractivity contribution is 5.75. The summed E-state index contributed by atoms with van der Waals surface area (Å²) in [4.78, 5) is 24.0. The zero-order chi connectivity index (χ0) is 16.7. The van der Waals surface area contributed by atoms with E-state index in [1.807, 2.05) is 6.07 Å². The van der Waals surface area contributed by atoms with Crippen molar-refractivity contribution in [1.82, 2.24) is 15.4 Å². The molecule has 1 aromatic rings. The van der Waals surface area contributed by atoms with Crippen molar-refractivity contribution < 1.29 is 19.2 Å². The molecule has 1 rings (SSSR count). The number of carbonyl (C=O) groups excluding carboxylic acids is 1. The van der Waals surface area contributed by atoms with Gasteiger partial charge in [-0.15, -0.1) is 0 Å². The number of hydrogen-bond acceptors (Lipinski definition) is 4. The first kappa shape index (κ1) is 18.0. The lowest BCUT2D eigenvalue weighted by Gasteiger charge is -2.19. The molecule has 0 aliphatic carbocycles. The van der Waals surface area contributed by atoms with Crippen molar-refractivity contribution >= 4 is 12.0 Å². The lowest BCUT2D eigenvalue weighted by molar-refractivity contribution is -0.141. The Labute approximate surface area is 130 Å². The van der Waals surface area contributed by atoms with E-state index in [1.165, 1.54) is 4.90 Å². The smallest absolute Gasteiger partial charge is 0.317 e. The number of carbonyl (C=O) groups is 2. The van der Waals surface area contributed by atoms with E-state index in [2.05, 4.69) is 24.3 Å². The highest BCUT2D eigenvalue weighted by atomic mass is 16.5. The molecule has 7 heteroatoms. The summed E-state index contributed by atoms with van der Waals surface area (Å²) < 4.78 is 5.22. The predicted octanol–water partition coefficient (Wildman–Crippen LogP) is 2.44. The summed E-state index contributed by atoms with van der Waals surface area (Å²) in [5.41, 5.74) is 0.905. The van der Waals surface area contributed by atoms with Gasteiger partial charge >= 0.3 is 12.0 Å². The van der Waals surface area contributed by atoms with Gasteiger partial charge in [-0.3, -0.25) is 4.79 Å². The molecule has 22 heavy (non-hydrogen) atoms. The van der Waals surface area contributed by atoms with Gasteiger partial charge in [-0.2, -0.15) is 0 Å². The van der Waals surface area contributed by atoms with Gasteiger partial charge < -0.3 is 19.8 Å². The minimum atomic E-state index is -0.926. The first-order chi connectivity index (χ1) is 10.4. The van der Waals surface area contributed by atoms with Crippen LogP contribution in [0, 0.1) is 5.92 Å². The number of aliphatic carboxylic acids is 1. The van der Waals surface area contributed by atoms with Crippen molar-refractivity contribution in [2.75, 3.05) is 13.6 Å². The molecule has 1 aromatic heterocycles. The van der Waals surface area contributed by atoms with E-state index in [4.69, 9.17) is 9.63 Å². The van der Waals surface area contributed by atoms with Gasteiger partial charge in [0, 0.05) is 25.6 Å². The van der Waals surface area contributed by atoms with Crippen molar-refractivity contribution in [3.8, 4) is 0 Å². The number of hydrogen-bond donors (Lipinski definition) is 2. The van der Waals surface area contributed by atoms with Crippen LogP contribution in [-0.4, -0.2) is 40.8 Å². The standard InChI is InChI=1S/C15H25N3O4/c1-5-11(6-2)13-7-12(22-17-13)8-16-15(21)18(4)9-10(3)14(19)20/h7,10-11H,5-6,8-9H2,1-4H3,(H,16,21)(H,19,20). The average Bonchev–Trinajstić information content (AvgIpc) is 2.94. The first-order valence-electron chi connectivity index (χ1n) is 7.56. The molecule has 1 heterocycles. The summed E-state index contributed by atoms with van der Waals surface area (Å²) in [7, 11) is 1.56. The second-order valence-electron chi connectivity index (χ2n) is 5.51. The van der Waals surface area contributed by atoms with Crippen LogP contribution in [0.3, 0.4) is 0 Å². The lowest BCUT2D eigenvalue weighted by Crippen LogP contribution is -2.40. The number of urea groups is 1. The van der Waals surface area contributed by atoms with Gasteiger partial charge in [0.2, 0.25) is 0 Å². The number of nitrogens with zero attached hydrogens (tertiary/aromatic N) is 2. The predicted molar refractivity (Wildman–Crippen MR) is 81.5 cm³/mol. The summed E-state index contributed by atoms with van der Waals surface area (Å²) in [6.45, 7) is 6.14. The molecule has 124 valence electrons. The molecule has 0 aliphatic rings. The highest BCUT2D eigenvalue weighted by Crippen LogP contribution is 2.22. The number of carboxylic acid groups (broad SMARTS) is 1. The van der Waals surface area contributed by atoms with Gasteiger partial charge in [-0.1, -0.05) is 25.9 Å². The molecule has 7 nitrogen and oxygen atoms in total. The van der Waals surface area contributed by atoms with Gasteiger partial charge in [0.05, 0.1) is 18.2 Å². The van der Waals surface area contributed by atoms with E-state index >= 15 is 0 Å². The van der Waals surface area contributed by atoms with Gasteiger partial charge in [0.25, 0.3) is 0 Å². The minimum absolute atomic E-state index is 0.149. The van der Waals surface area contributed by atoms with Crippen LogP contribution in [0.1, 0.15) is 51.0 Å². The van der Waals surface area contributed by atoms with Crippen molar-refractivity contribution in [2.45, 2.75) is 46.1 Å². The molecule has 0 spiro atoms. The van der Waals surface area contributed by atoms with Crippen molar-refractivity contribution in [3.05, 3.63) is 17.5 Å². The maximum absolute atomic E-state index is 11.9. The molecular weight excluding hydrogens is 286 g/mol. The fraction of sp³-hybridized carbons (Fsp3) is 0.667. The summed E-state index contributed by atoms with van der Waals surface area (Å²) in [5.74, 6) is -0.575. The van der Waals surface area contributed by atoms with Gasteiger partial charge in [-0.05, 0) is 12.8 Å². The minimum Gasteiger partial charge on any atom is -0.481 e. The maximum atomic E-state index is 11.9. The normalized spacial score (nSPS) is 12.2. The second-order valence-corrected chi connectivity index (χ2v) is 5.51. The van der Waals surface area contributed by atoms with Gasteiger partial charge in [0.1, 0.15) is 0 Å². The second kappa shape index (κ2) is 8.41. The molecule has 2 amide bonds. The fourth-order valence-electron chi connectivity index (χ4n) is 2.18. The van der Waals surface area contributed by atoms with Crippen molar-refractivity contribution in [2.24, 2.45) is 5.92 Å². The zero-order valence-electron chi connectivity index (χ0n) is 13.6. The third-order valence-electron chi connectivity index (χ3n) is 3.71. The lowest BCUT2D eigenvalue weighted by atomic mass is 9.99. The molecule has 0 saturated carbocycles. The van der Waals surface area contributed by atoms with Crippen molar-refractivity contribution in [3.63, 3.8) is 0 Å². The van der Waals surface area contributed by atoms with Crippen LogP contribution in [0.2, 0.25) is 0 Å². The van der Waals surface area contributed by atoms with Crippen LogP contribution in [0.5, 0.6) is 0 Å². The first-order valence-corrected chi connectivity index (χ1v) is 7.56. The Balaban J connectivity index is 2.48. The van der Waals surface area contributed by atoms with Crippen LogP contribution in [-0.2, 0) is 11.3 Å². The van der Waals surface area contributed by atoms with E-state index < -0.39 is 11.9 Å². The Morgan fingerprint density at radius 1 is 1.41 bits per heavy atom. The third-order valence-corrected chi connectivity index (χ3v) is 3.71. The van der Waals surface area contributed by atoms with Crippen LogP contribution in [0.15, 0.2) is 10.6 Å². The van der Waals surface area contributed by atoms with Crippen LogP contribution >= 0.6 is 0 Å². The van der Waals surface area contributed by atoms with Crippen LogP contribution < -0.4 is 5.32 Å². The maximum Gasteiger partial charge on any atom is 0.317 e. The van der Waals surface area contributed by atoms with E-state index in [1.54, 1.807) is 14.0 Å². The molecule has 0 aliphatic heterocycles. The number of carboxylic acids is 1. The van der Waals surface area contributed by atoms with E-state index in [9.17, 15) is 9.59 Å². The number of rotatable bonds is 8. The highest BCUT2D eigenvalue weighted by Gasteiger charge is 2.18. The van der Waals surface area contributed by atoms with Crippen LogP contribution in [0.25, 0.3) is 0 Å². The zero-order valence-corrected chi connectivity index (χ0v) is 13.6. The molecule has 0 saturated heterocycles. The Kier molecular flexibility index (Phi) is 6.88. The Morgan fingerprint density at radius 3 is 2.59 bits per heavy atom. The number of amides is 2. The molecule has 0 aromatic carbocycles. The molecule has 0 bridgehead atoms. The summed E-state index contributed by atoms with van der Waals surface area (Å²) >= 11 is 0. The summed E-state index contributed by atoms with van der Waals surface area (Å²) in [6, 6.07) is 1.52. The third kappa shape index (κ3) is 5.05. The summed E-state index contributed by atoms with van der Waals surface area (Å²) in [5, 5.41) is 15.6. The Hall–Kier alpha value is -2.05. The SMILES string of the molecule is CCC(CC)c1cc(CNC(=O)N(C)CC(C)C(=O)O)on1. The van der Waals surface area contributed by atoms with E-state index in [0.29, 0.717) is 11.7 Å². The van der Waals surface area contributed by atoms with Crippen molar-refractivity contribution in [1.29, 1.82) is 0 Å². The Bertz CT molecular complexity index is 497. The number of aromatic nitrogens is 1. The van der Waals surface area contributed by atoms with E-state index in [-0.39, 0.29) is 19.1 Å². The fourth-order valence-corrected chi connectivity index (χ4v) is 2.18. The average molecular weight is 311 g/mol. The monoisotopic (exact) mass is 311 g/mol. The molecular formula is C15H25N3O4.